The molecule has 4 nitrogen and oxygen atoms in total. The highest BCUT2D eigenvalue weighted by Gasteiger charge is 2.48. The minimum absolute atomic E-state index is 0. The second-order valence-corrected chi connectivity index (χ2v) is 4.54. The zero-order chi connectivity index (χ0) is 9.53. The molecule has 0 bridgehead atoms. The zero-order valence-electron chi connectivity index (χ0n) is 9.05. The van der Waals surface area contributed by atoms with E-state index in [1.165, 1.54) is 0 Å². The molecule has 0 unspecified atom stereocenters. The first-order valence-electron chi connectivity index (χ1n) is 4.87. The number of hydrogen-bond acceptors (Lipinski definition) is 3. The molecule has 3 N–H and O–H groups in total. The lowest BCUT2D eigenvalue weighted by Crippen LogP contribution is -2.57. The van der Waals surface area contributed by atoms with Crippen LogP contribution < -0.4 is 16.0 Å². The maximum absolute atomic E-state index is 11.6. The summed E-state index contributed by atoms with van der Waals surface area (Å²) in [4.78, 5) is 11.6. The van der Waals surface area contributed by atoms with E-state index in [-0.39, 0.29) is 36.4 Å². The van der Waals surface area contributed by atoms with Crippen LogP contribution in [-0.4, -0.2) is 30.2 Å². The summed E-state index contributed by atoms with van der Waals surface area (Å²) in [5, 5.41) is 9.75. The molecule has 0 aromatic heterocycles. The number of hydrogen-bond donors (Lipinski definition) is 3. The van der Waals surface area contributed by atoms with Crippen molar-refractivity contribution in [2.45, 2.75) is 37.9 Å². The van der Waals surface area contributed by atoms with E-state index in [1.54, 1.807) is 0 Å². The number of rotatable bonds is 0. The predicted molar refractivity (Wildman–Crippen MR) is 64.7 cm³/mol. The van der Waals surface area contributed by atoms with Crippen LogP contribution in [0.15, 0.2) is 0 Å². The SMILES string of the molecule is CC1(C)NC2(CCNCC2)NC1=O.Cl.Cl. The van der Waals surface area contributed by atoms with Gasteiger partial charge < -0.3 is 10.6 Å². The Kier molecular flexibility index (Phi) is 4.86. The largest absolute Gasteiger partial charge is 0.336 e. The number of carbonyl (C=O) groups is 1. The minimum Gasteiger partial charge on any atom is -0.336 e. The Bertz CT molecular complexity index is 240. The van der Waals surface area contributed by atoms with Gasteiger partial charge in [0.25, 0.3) is 0 Å². The van der Waals surface area contributed by atoms with Gasteiger partial charge in [0, 0.05) is 0 Å². The standard InChI is InChI=1S/C9H17N3O.2ClH/c1-8(2)7(13)11-9(12-8)3-5-10-6-4-9;;/h10,12H,3-6H2,1-2H3,(H,11,13);2*1H. The summed E-state index contributed by atoms with van der Waals surface area (Å²) in [7, 11) is 0. The number of carbonyl (C=O) groups excluding carboxylic acids is 1. The fourth-order valence-electron chi connectivity index (χ4n) is 2.16. The Morgan fingerprint density at radius 1 is 1.13 bits per heavy atom. The van der Waals surface area contributed by atoms with Gasteiger partial charge in [0.15, 0.2) is 0 Å². The van der Waals surface area contributed by atoms with E-state index < -0.39 is 5.54 Å². The van der Waals surface area contributed by atoms with Gasteiger partial charge >= 0.3 is 0 Å². The van der Waals surface area contributed by atoms with Crippen LogP contribution in [0.2, 0.25) is 0 Å². The van der Waals surface area contributed by atoms with Crippen molar-refractivity contribution >= 4 is 30.7 Å². The van der Waals surface area contributed by atoms with Crippen LogP contribution in [0.25, 0.3) is 0 Å². The number of halogens is 2. The second kappa shape index (κ2) is 4.87. The number of nitrogens with one attached hydrogen (secondary N) is 3. The molecule has 1 spiro atoms. The van der Waals surface area contributed by atoms with E-state index >= 15 is 0 Å². The van der Waals surface area contributed by atoms with Crippen LogP contribution in [0.3, 0.4) is 0 Å². The van der Waals surface area contributed by atoms with E-state index in [4.69, 9.17) is 0 Å². The van der Waals surface area contributed by atoms with Gasteiger partial charge in [-0.05, 0) is 39.8 Å². The fourth-order valence-corrected chi connectivity index (χ4v) is 2.16. The van der Waals surface area contributed by atoms with Crippen LogP contribution in [0.5, 0.6) is 0 Å². The van der Waals surface area contributed by atoms with Crippen molar-refractivity contribution < 1.29 is 4.79 Å². The molecule has 2 saturated heterocycles. The minimum atomic E-state index is -0.405. The fraction of sp³-hybridized carbons (Fsp3) is 0.889. The van der Waals surface area contributed by atoms with Crippen molar-refractivity contribution in [3.8, 4) is 0 Å². The molecule has 0 aromatic rings. The summed E-state index contributed by atoms with van der Waals surface area (Å²) in [6, 6.07) is 0. The summed E-state index contributed by atoms with van der Waals surface area (Å²) in [5.41, 5.74) is -0.539. The van der Waals surface area contributed by atoms with E-state index in [2.05, 4.69) is 16.0 Å². The third kappa shape index (κ3) is 2.75. The van der Waals surface area contributed by atoms with Crippen molar-refractivity contribution in [1.82, 2.24) is 16.0 Å². The smallest absolute Gasteiger partial charge is 0.241 e. The molecule has 2 heterocycles. The van der Waals surface area contributed by atoms with Gasteiger partial charge in [0.2, 0.25) is 5.91 Å². The molecule has 15 heavy (non-hydrogen) atoms. The van der Waals surface area contributed by atoms with Gasteiger partial charge in [-0.15, -0.1) is 24.8 Å². The lowest BCUT2D eigenvalue weighted by atomic mass is 9.98. The molecular weight excluding hydrogens is 237 g/mol. The molecule has 90 valence electrons. The highest BCUT2D eigenvalue weighted by Crippen LogP contribution is 2.25. The van der Waals surface area contributed by atoms with Crippen molar-refractivity contribution in [3.05, 3.63) is 0 Å². The highest BCUT2D eigenvalue weighted by molar-refractivity contribution is 5.88. The first-order chi connectivity index (χ1) is 6.04. The summed E-state index contributed by atoms with van der Waals surface area (Å²) < 4.78 is 0. The van der Waals surface area contributed by atoms with E-state index in [0.29, 0.717) is 0 Å². The van der Waals surface area contributed by atoms with Crippen LogP contribution in [-0.2, 0) is 4.79 Å². The molecule has 0 aromatic carbocycles. The molecule has 2 aliphatic rings. The average molecular weight is 256 g/mol. The predicted octanol–water partition coefficient (Wildman–Crippen LogP) is 0.408. The van der Waals surface area contributed by atoms with Gasteiger partial charge in [0.1, 0.15) is 0 Å². The molecule has 0 aliphatic carbocycles. The molecular formula is C9H19Cl2N3O. The Morgan fingerprint density at radius 3 is 2.07 bits per heavy atom. The van der Waals surface area contributed by atoms with E-state index in [1.807, 2.05) is 13.8 Å². The van der Waals surface area contributed by atoms with Gasteiger partial charge in [-0.2, -0.15) is 0 Å². The van der Waals surface area contributed by atoms with E-state index in [9.17, 15) is 4.79 Å². The molecule has 0 saturated carbocycles. The summed E-state index contributed by atoms with van der Waals surface area (Å²) >= 11 is 0. The molecule has 2 aliphatic heterocycles. The lowest BCUT2D eigenvalue weighted by molar-refractivity contribution is -0.123. The molecule has 2 rings (SSSR count). The summed E-state index contributed by atoms with van der Waals surface area (Å²) in [6.45, 7) is 5.81. The maximum Gasteiger partial charge on any atom is 0.241 e. The maximum atomic E-state index is 11.6. The van der Waals surface area contributed by atoms with Gasteiger partial charge in [-0.3, -0.25) is 10.1 Å². The normalized spacial score (nSPS) is 26.4. The van der Waals surface area contributed by atoms with Gasteiger partial charge in [-0.25, -0.2) is 0 Å². The molecule has 6 heteroatoms. The quantitative estimate of drug-likeness (QED) is 0.588. The van der Waals surface area contributed by atoms with Crippen molar-refractivity contribution in [2.24, 2.45) is 0 Å². The van der Waals surface area contributed by atoms with E-state index in [0.717, 1.165) is 25.9 Å². The number of amides is 1. The Hall–Kier alpha value is -0.0300. The Labute approximate surface area is 103 Å². The first kappa shape index (κ1) is 15.0. The monoisotopic (exact) mass is 255 g/mol. The third-order valence-corrected chi connectivity index (χ3v) is 2.93. The summed E-state index contributed by atoms with van der Waals surface area (Å²) in [5.74, 6) is 0.120. The van der Waals surface area contributed by atoms with Crippen molar-refractivity contribution in [2.75, 3.05) is 13.1 Å². The topological polar surface area (TPSA) is 53.2 Å². The molecule has 0 atom stereocenters. The first-order valence-corrected chi connectivity index (χ1v) is 4.87. The van der Waals surface area contributed by atoms with Crippen LogP contribution >= 0.6 is 24.8 Å². The Morgan fingerprint density at radius 2 is 1.67 bits per heavy atom. The van der Waals surface area contributed by atoms with Crippen molar-refractivity contribution in [1.29, 1.82) is 0 Å². The molecule has 0 radical (unpaired) electrons. The third-order valence-electron chi connectivity index (χ3n) is 2.93. The lowest BCUT2D eigenvalue weighted by Gasteiger charge is -2.35. The zero-order valence-corrected chi connectivity index (χ0v) is 10.7. The second-order valence-electron chi connectivity index (χ2n) is 4.54. The number of piperidine rings is 1. The molecule has 2 fully saturated rings. The van der Waals surface area contributed by atoms with Gasteiger partial charge in [0.05, 0.1) is 11.2 Å². The molecule has 1 amide bonds. The van der Waals surface area contributed by atoms with Crippen LogP contribution in [0.4, 0.5) is 0 Å². The van der Waals surface area contributed by atoms with Crippen molar-refractivity contribution in [3.63, 3.8) is 0 Å². The van der Waals surface area contributed by atoms with Crippen LogP contribution in [0, 0.1) is 0 Å². The average Bonchev–Trinajstić information content (AvgIpc) is 2.23. The van der Waals surface area contributed by atoms with Crippen LogP contribution in [0.1, 0.15) is 26.7 Å². The van der Waals surface area contributed by atoms with Gasteiger partial charge in [-0.1, -0.05) is 0 Å². The summed E-state index contributed by atoms with van der Waals surface area (Å²) in [6.07, 6.45) is 1.95. The highest BCUT2D eigenvalue weighted by atomic mass is 35.5. The Balaban J connectivity index is 0.000000980.